The van der Waals surface area contributed by atoms with Crippen molar-refractivity contribution in [3.05, 3.63) is 11.6 Å². The second kappa shape index (κ2) is 4.77. The summed E-state index contributed by atoms with van der Waals surface area (Å²) in [5.74, 6) is 5.41. The quantitative estimate of drug-likeness (QED) is 0.329. The number of ketones is 1. The van der Waals surface area contributed by atoms with Crippen LogP contribution in [0.25, 0.3) is 0 Å². The summed E-state index contributed by atoms with van der Waals surface area (Å²) in [6, 6.07) is 0. The molecule has 64 valence electrons. The molecule has 0 atom stereocenters. The second-order valence-corrected chi connectivity index (χ2v) is 3.14. The minimum Gasteiger partial charge on any atom is -0.285 e. The van der Waals surface area contributed by atoms with E-state index in [9.17, 15) is 4.79 Å². The summed E-state index contributed by atoms with van der Waals surface area (Å²) in [4.78, 5) is 10.5. The number of rotatable bonds is 1. The van der Waals surface area contributed by atoms with Crippen LogP contribution >= 0.6 is 0 Å². The summed E-state index contributed by atoms with van der Waals surface area (Å²) in [5, 5.41) is 0. The highest BCUT2D eigenvalue weighted by Crippen LogP contribution is 2.19. The summed E-state index contributed by atoms with van der Waals surface area (Å²) in [6.45, 7) is 1.50. The van der Waals surface area contributed by atoms with Gasteiger partial charge < -0.3 is 0 Å². The topological polar surface area (TPSA) is 17.1 Å². The van der Waals surface area contributed by atoms with Crippen molar-refractivity contribution in [1.29, 1.82) is 0 Å². The lowest BCUT2D eigenvalue weighted by Crippen LogP contribution is -1.90. The zero-order valence-electron chi connectivity index (χ0n) is 7.52. The van der Waals surface area contributed by atoms with Gasteiger partial charge >= 0.3 is 0 Å². The van der Waals surface area contributed by atoms with Crippen molar-refractivity contribution < 1.29 is 4.79 Å². The van der Waals surface area contributed by atoms with Crippen LogP contribution in [0, 0.1) is 11.8 Å². The predicted octanol–water partition coefficient (Wildman–Crippen LogP) is 2.47. The standard InChI is InChI=1S/C11H14O/c1-10(12)6-5-9-11-7-3-2-4-8-11/h7H,2-4,8-9H2,1H3. The zero-order valence-corrected chi connectivity index (χ0v) is 7.52. The van der Waals surface area contributed by atoms with Crippen LogP contribution in [-0.2, 0) is 4.79 Å². The molecule has 0 aliphatic heterocycles. The van der Waals surface area contributed by atoms with Gasteiger partial charge in [0.15, 0.2) is 0 Å². The van der Waals surface area contributed by atoms with E-state index in [2.05, 4.69) is 17.9 Å². The van der Waals surface area contributed by atoms with Gasteiger partial charge in [0.05, 0.1) is 0 Å². The van der Waals surface area contributed by atoms with Gasteiger partial charge in [-0.3, -0.25) is 4.79 Å². The van der Waals surface area contributed by atoms with Gasteiger partial charge in [-0.25, -0.2) is 0 Å². The second-order valence-electron chi connectivity index (χ2n) is 3.14. The van der Waals surface area contributed by atoms with Crippen molar-refractivity contribution in [2.24, 2.45) is 0 Å². The fraction of sp³-hybridized carbons (Fsp3) is 0.545. The molecular formula is C11H14O. The van der Waals surface area contributed by atoms with Crippen molar-refractivity contribution in [3.63, 3.8) is 0 Å². The summed E-state index contributed by atoms with van der Waals surface area (Å²) in [6.07, 6.45) is 8.01. The van der Waals surface area contributed by atoms with Crippen LogP contribution in [0.15, 0.2) is 11.6 Å². The fourth-order valence-electron chi connectivity index (χ4n) is 1.35. The Kier molecular flexibility index (Phi) is 3.60. The van der Waals surface area contributed by atoms with E-state index in [1.54, 1.807) is 0 Å². The minimum atomic E-state index is -0.0357. The molecule has 0 saturated carbocycles. The normalized spacial score (nSPS) is 15.9. The van der Waals surface area contributed by atoms with Gasteiger partial charge in [0, 0.05) is 13.3 Å². The van der Waals surface area contributed by atoms with Crippen LogP contribution in [0.5, 0.6) is 0 Å². The van der Waals surface area contributed by atoms with Crippen LogP contribution in [0.4, 0.5) is 0 Å². The summed E-state index contributed by atoms with van der Waals surface area (Å²) < 4.78 is 0. The monoisotopic (exact) mass is 162 g/mol. The maximum Gasteiger partial charge on any atom is 0.202 e. The third-order valence-corrected chi connectivity index (χ3v) is 1.96. The maximum atomic E-state index is 10.5. The van der Waals surface area contributed by atoms with E-state index in [1.807, 2.05) is 0 Å². The van der Waals surface area contributed by atoms with Crippen LogP contribution in [0.1, 0.15) is 39.0 Å². The molecule has 0 aromatic rings. The van der Waals surface area contributed by atoms with Crippen molar-refractivity contribution >= 4 is 5.78 Å². The molecule has 0 spiro atoms. The highest BCUT2D eigenvalue weighted by atomic mass is 16.1. The number of hydrogen-bond donors (Lipinski definition) is 0. The number of carbonyl (C=O) groups is 1. The molecule has 1 nitrogen and oxygen atoms in total. The van der Waals surface area contributed by atoms with Gasteiger partial charge in [0.1, 0.15) is 0 Å². The largest absolute Gasteiger partial charge is 0.285 e. The lowest BCUT2D eigenvalue weighted by molar-refractivity contribution is -0.111. The highest BCUT2D eigenvalue weighted by Gasteiger charge is 2.00. The molecule has 0 unspecified atom stereocenters. The first-order chi connectivity index (χ1) is 5.79. The van der Waals surface area contributed by atoms with Gasteiger partial charge in [0.2, 0.25) is 5.78 Å². The van der Waals surface area contributed by atoms with E-state index in [-0.39, 0.29) is 5.78 Å². The van der Waals surface area contributed by atoms with Crippen LogP contribution in [0.3, 0.4) is 0 Å². The summed E-state index contributed by atoms with van der Waals surface area (Å²) in [5.41, 5.74) is 1.41. The molecule has 0 fully saturated rings. The SMILES string of the molecule is CC(=O)C#CCC1=CCCCC1. The average molecular weight is 162 g/mol. The van der Waals surface area contributed by atoms with Crippen molar-refractivity contribution in [2.75, 3.05) is 0 Å². The maximum absolute atomic E-state index is 10.5. The van der Waals surface area contributed by atoms with Crippen molar-refractivity contribution in [3.8, 4) is 11.8 Å². The first-order valence-electron chi connectivity index (χ1n) is 4.46. The third-order valence-electron chi connectivity index (χ3n) is 1.96. The van der Waals surface area contributed by atoms with Crippen LogP contribution < -0.4 is 0 Å². The molecule has 0 bridgehead atoms. The Morgan fingerprint density at radius 1 is 1.58 bits per heavy atom. The molecule has 0 amide bonds. The third kappa shape index (κ3) is 3.39. The number of allylic oxidation sites excluding steroid dienone is 2. The highest BCUT2D eigenvalue weighted by molar-refractivity contribution is 5.93. The smallest absolute Gasteiger partial charge is 0.202 e. The van der Waals surface area contributed by atoms with Crippen LogP contribution in [-0.4, -0.2) is 5.78 Å². The van der Waals surface area contributed by atoms with E-state index >= 15 is 0 Å². The lowest BCUT2D eigenvalue weighted by Gasteiger charge is -2.08. The number of Topliss-reactive ketones (excluding diaryl/α,β-unsaturated/α-hetero) is 1. The van der Waals surface area contributed by atoms with E-state index in [0.717, 1.165) is 6.42 Å². The number of carbonyl (C=O) groups excluding carboxylic acids is 1. The summed E-state index contributed by atoms with van der Waals surface area (Å²) >= 11 is 0. The van der Waals surface area contributed by atoms with Crippen molar-refractivity contribution in [2.45, 2.75) is 39.0 Å². The molecule has 1 rings (SSSR count). The molecule has 1 aliphatic carbocycles. The Labute approximate surface area is 73.9 Å². The Balaban J connectivity index is 2.37. The molecule has 0 aromatic carbocycles. The fourth-order valence-corrected chi connectivity index (χ4v) is 1.35. The Morgan fingerprint density at radius 3 is 3.00 bits per heavy atom. The van der Waals surface area contributed by atoms with Gasteiger partial charge in [-0.15, -0.1) is 0 Å². The Morgan fingerprint density at radius 2 is 2.42 bits per heavy atom. The molecule has 1 aliphatic rings. The molecule has 12 heavy (non-hydrogen) atoms. The van der Waals surface area contributed by atoms with Crippen molar-refractivity contribution in [1.82, 2.24) is 0 Å². The first-order valence-corrected chi connectivity index (χ1v) is 4.46. The van der Waals surface area contributed by atoms with E-state index in [0.29, 0.717) is 0 Å². The Hall–Kier alpha value is -1.03. The average Bonchev–Trinajstić information content (AvgIpc) is 2.05. The molecule has 0 saturated heterocycles. The predicted molar refractivity (Wildman–Crippen MR) is 49.6 cm³/mol. The van der Waals surface area contributed by atoms with E-state index < -0.39 is 0 Å². The molecule has 0 N–H and O–H groups in total. The lowest BCUT2D eigenvalue weighted by atomic mass is 9.97. The zero-order chi connectivity index (χ0) is 8.81. The van der Waals surface area contributed by atoms with Crippen LogP contribution in [0.2, 0.25) is 0 Å². The first kappa shape index (κ1) is 9.06. The summed E-state index contributed by atoms with van der Waals surface area (Å²) in [7, 11) is 0. The molecule has 0 heterocycles. The number of hydrogen-bond acceptors (Lipinski definition) is 1. The van der Waals surface area contributed by atoms with Gasteiger partial charge in [0.25, 0.3) is 0 Å². The van der Waals surface area contributed by atoms with E-state index in [4.69, 9.17) is 0 Å². The molecule has 1 heteroatoms. The van der Waals surface area contributed by atoms with Gasteiger partial charge in [-0.2, -0.15) is 0 Å². The van der Waals surface area contributed by atoms with Gasteiger partial charge in [-0.1, -0.05) is 17.6 Å². The molecular weight excluding hydrogens is 148 g/mol. The van der Waals surface area contributed by atoms with Gasteiger partial charge in [-0.05, 0) is 31.6 Å². The molecule has 0 radical (unpaired) electrons. The molecule has 0 aromatic heterocycles. The Bertz CT molecular complexity index is 250. The van der Waals surface area contributed by atoms with E-state index in [1.165, 1.54) is 38.2 Å². The minimum absolute atomic E-state index is 0.0357.